The van der Waals surface area contributed by atoms with Crippen LogP contribution in [0, 0.1) is 6.92 Å². The standard InChI is InChI=1S/C13H16N4/c1-3-17-9(2)15-16-13(17)11-4-5-12-10(8-11)6-7-14-12/h4-5,8,14H,3,6-7H2,1-2H3. The van der Waals surface area contributed by atoms with Gasteiger partial charge >= 0.3 is 0 Å². The van der Waals surface area contributed by atoms with E-state index in [4.69, 9.17) is 0 Å². The third-order valence-corrected chi connectivity index (χ3v) is 3.33. The van der Waals surface area contributed by atoms with Gasteiger partial charge in [0.1, 0.15) is 5.82 Å². The van der Waals surface area contributed by atoms with Gasteiger partial charge in [0.05, 0.1) is 0 Å². The number of hydrogen-bond acceptors (Lipinski definition) is 3. The number of nitrogens with one attached hydrogen (secondary N) is 1. The molecule has 2 aromatic rings. The highest BCUT2D eigenvalue weighted by atomic mass is 15.3. The molecule has 0 fully saturated rings. The predicted molar refractivity (Wildman–Crippen MR) is 68.1 cm³/mol. The monoisotopic (exact) mass is 228 g/mol. The van der Waals surface area contributed by atoms with E-state index in [1.54, 1.807) is 0 Å². The SMILES string of the molecule is CCn1c(C)nnc1-c1ccc2c(c1)CCN2. The van der Waals surface area contributed by atoms with Gasteiger partial charge in [0.15, 0.2) is 5.82 Å². The van der Waals surface area contributed by atoms with Crippen LogP contribution in [0.25, 0.3) is 11.4 Å². The van der Waals surface area contributed by atoms with Gasteiger partial charge in [-0.25, -0.2) is 0 Å². The molecule has 3 rings (SSSR count). The van der Waals surface area contributed by atoms with Crippen LogP contribution in [0.5, 0.6) is 0 Å². The lowest BCUT2D eigenvalue weighted by Gasteiger charge is -2.07. The molecule has 17 heavy (non-hydrogen) atoms. The molecule has 1 aliphatic heterocycles. The first-order valence-electron chi connectivity index (χ1n) is 6.06. The highest BCUT2D eigenvalue weighted by molar-refractivity contribution is 5.66. The lowest BCUT2D eigenvalue weighted by molar-refractivity contribution is 0.736. The van der Waals surface area contributed by atoms with E-state index >= 15 is 0 Å². The van der Waals surface area contributed by atoms with Crippen molar-refractivity contribution in [1.82, 2.24) is 14.8 Å². The molecule has 0 saturated carbocycles. The third-order valence-electron chi connectivity index (χ3n) is 3.33. The highest BCUT2D eigenvalue weighted by Gasteiger charge is 2.14. The van der Waals surface area contributed by atoms with Gasteiger partial charge in [-0.3, -0.25) is 0 Å². The molecule has 0 saturated heterocycles. The predicted octanol–water partition coefficient (Wildman–Crippen LogP) is 2.24. The van der Waals surface area contributed by atoms with Crippen LogP contribution in [0.4, 0.5) is 5.69 Å². The van der Waals surface area contributed by atoms with E-state index in [-0.39, 0.29) is 0 Å². The molecule has 88 valence electrons. The van der Waals surface area contributed by atoms with Gasteiger partial charge in [0.2, 0.25) is 0 Å². The van der Waals surface area contributed by atoms with Gasteiger partial charge in [-0.15, -0.1) is 10.2 Å². The summed E-state index contributed by atoms with van der Waals surface area (Å²) in [7, 11) is 0. The first-order valence-corrected chi connectivity index (χ1v) is 6.06. The summed E-state index contributed by atoms with van der Waals surface area (Å²) in [5.41, 5.74) is 3.80. The van der Waals surface area contributed by atoms with Crippen LogP contribution in [0.2, 0.25) is 0 Å². The van der Waals surface area contributed by atoms with Crippen molar-refractivity contribution in [1.29, 1.82) is 0 Å². The van der Waals surface area contributed by atoms with Gasteiger partial charge in [-0.05, 0) is 44.0 Å². The Morgan fingerprint density at radius 1 is 1.35 bits per heavy atom. The Bertz CT molecular complexity index is 557. The summed E-state index contributed by atoms with van der Waals surface area (Å²) in [6, 6.07) is 6.49. The fourth-order valence-electron chi connectivity index (χ4n) is 2.42. The third kappa shape index (κ3) is 1.60. The average molecular weight is 228 g/mol. The van der Waals surface area contributed by atoms with Gasteiger partial charge < -0.3 is 9.88 Å². The van der Waals surface area contributed by atoms with Crippen LogP contribution in [0.15, 0.2) is 18.2 Å². The number of aromatic nitrogens is 3. The number of benzene rings is 1. The van der Waals surface area contributed by atoms with Crippen LogP contribution >= 0.6 is 0 Å². The van der Waals surface area contributed by atoms with E-state index < -0.39 is 0 Å². The van der Waals surface area contributed by atoms with Crippen LogP contribution < -0.4 is 5.32 Å². The van der Waals surface area contributed by atoms with Crippen molar-refractivity contribution in [2.24, 2.45) is 0 Å². The quantitative estimate of drug-likeness (QED) is 0.857. The number of fused-ring (bicyclic) bond motifs is 1. The van der Waals surface area contributed by atoms with E-state index in [1.165, 1.54) is 11.3 Å². The largest absolute Gasteiger partial charge is 0.384 e. The minimum absolute atomic E-state index is 0.906. The van der Waals surface area contributed by atoms with Crippen molar-refractivity contribution in [3.63, 3.8) is 0 Å². The molecule has 1 N–H and O–H groups in total. The summed E-state index contributed by atoms with van der Waals surface area (Å²) in [5.74, 6) is 1.95. The summed E-state index contributed by atoms with van der Waals surface area (Å²) < 4.78 is 2.14. The maximum Gasteiger partial charge on any atom is 0.163 e. The van der Waals surface area contributed by atoms with E-state index in [0.717, 1.165) is 36.7 Å². The molecule has 0 unspecified atom stereocenters. The van der Waals surface area contributed by atoms with Gasteiger partial charge in [-0.1, -0.05) is 0 Å². The molecule has 0 spiro atoms. The fourth-order valence-corrected chi connectivity index (χ4v) is 2.42. The Morgan fingerprint density at radius 3 is 3.06 bits per heavy atom. The molecule has 0 amide bonds. The zero-order valence-electron chi connectivity index (χ0n) is 10.2. The molecule has 1 aromatic heterocycles. The van der Waals surface area contributed by atoms with Crippen molar-refractivity contribution >= 4 is 5.69 Å². The van der Waals surface area contributed by atoms with Crippen LogP contribution in [-0.4, -0.2) is 21.3 Å². The number of hydrogen-bond donors (Lipinski definition) is 1. The molecule has 0 radical (unpaired) electrons. The Labute approximate surface area is 101 Å². The minimum atomic E-state index is 0.906. The number of nitrogens with zero attached hydrogens (tertiary/aromatic N) is 3. The average Bonchev–Trinajstić information content (AvgIpc) is 2.93. The molecule has 0 atom stereocenters. The lowest BCUT2D eigenvalue weighted by Crippen LogP contribution is -2.00. The van der Waals surface area contributed by atoms with Crippen LogP contribution in [-0.2, 0) is 13.0 Å². The number of rotatable bonds is 2. The molecule has 0 bridgehead atoms. The summed E-state index contributed by atoms with van der Waals surface area (Å²) in [5, 5.41) is 11.8. The fraction of sp³-hybridized carbons (Fsp3) is 0.385. The molecule has 1 aliphatic rings. The van der Waals surface area contributed by atoms with E-state index in [0.29, 0.717) is 0 Å². The lowest BCUT2D eigenvalue weighted by atomic mass is 10.1. The normalized spacial score (nSPS) is 13.5. The van der Waals surface area contributed by atoms with Crippen molar-refractivity contribution in [2.75, 3.05) is 11.9 Å². The Kier molecular flexibility index (Phi) is 2.35. The number of aryl methyl sites for hydroxylation is 1. The Morgan fingerprint density at radius 2 is 2.24 bits per heavy atom. The maximum absolute atomic E-state index is 4.27. The van der Waals surface area contributed by atoms with Crippen LogP contribution in [0.3, 0.4) is 0 Å². The van der Waals surface area contributed by atoms with Crippen molar-refractivity contribution in [3.8, 4) is 11.4 Å². The van der Waals surface area contributed by atoms with Crippen molar-refractivity contribution in [2.45, 2.75) is 26.8 Å². The first kappa shape index (κ1) is 10.3. The maximum atomic E-state index is 4.27. The second-order valence-corrected chi connectivity index (χ2v) is 4.36. The van der Waals surface area contributed by atoms with Crippen molar-refractivity contribution < 1.29 is 0 Å². The first-order chi connectivity index (χ1) is 8.29. The Hall–Kier alpha value is -1.84. The second kappa shape index (κ2) is 3.87. The molecule has 2 heterocycles. The second-order valence-electron chi connectivity index (χ2n) is 4.36. The smallest absolute Gasteiger partial charge is 0.163 e. The Balaban J connectivity index is 2.09. The molecule has 0 aliphatic carbocycles. The van der Waals surface area contributed by atoms with Crippen molar-refractivity contribution in [3.05, 3.63) is 29.6 Å². The summed E-state index contributed by atoms with van der Waals surface area (Å²) in [6.07, 6.45) is 1.10. The molecule has 1 aromatic carbocycles. The van der Waals surface area contributed by atoms with Gasteiger partial charge in [-0.2, -0.15) is 0 Å². The molecular formula is C13H16N4. The summed E-state index contributed by atoms with van der Waals surface area (Å²) in [4.78, 5) is 0. The van der Waals surface area contributed by atoms with Crippen LogP contribution in [0.1, 0.15) is 18.3 Å². The molecule has 4 nitrogen and oxygen atoms in total. The van der Waals surface area contributed by atoms with Gasteiger partial charge in [0.25, 0.3) is 0 Å². The molecular weight excluding hydrogens is 212 g/mol. The minimum Gasteiger partial charge on any atom is -0.384 e. The number of anilines is 1. The molecule has 4 heteroatoms. The zero-order valence-corrected chi connectivity index (χ0v) is 10.2. The van der Waals surface area contributed by atoms with E-state index in [1.807, 2.05) is 6.92 Å². The van der Waals surface area contributed by atoms with E-state index in [2.05, 4.69) is 45.2 Å². The summed E-state index contributed by atoms with van der Waals surface area (Å²) in [6.45, 7) is 6.06. The van der Waals surface area contributed by atoms with E-state index in [9.17, 15) is 0 Å². The van der Waals surface area contributed by atoms with Gasteiger partial charge in [0, 0.05) is 24.3 Å². The summed E-state index contributed by atoms with van der Waals surface area (Å²) >= 11 is 0. The topological polar surface area (TPSA) is 42.7 Å². The highest BCUT2D eigenvalue weighted by Crippen LogP contribution is 2.27. The zero-order chi connectivity index (χ0) is 11.8.